The molecule has 2 aromatic rings. The second kappa shape index (κ2) is 5.12. The first kappa shape index (κ1) is 12.9. The monoisotopic (exact) mass is 269 g/mol. The van der Waals surface area contributed by atoms with Crippen LogP contribution in [0.5, 0.6) is 5.75 Å². The zero-order chi connectivity index (χ0) is 14.1. The van der Waals surface area contributed by atoms with Gasteiger partial charge >= 0.3 is 0 Å². The standard InChI is InChI=1S/C16H19N3O/c1-10(2)13-8-15(17-3)19-16(18-13)12-9-20-14-7-5-4-6-11(12)14/h4-8,10,12H,9H2,1-3H3,(H,17,18,19). The van der Waals surface area contributed by atoms with Gasteiger partial charge in [-0.2, -0.15) is 0 Å². The predicted molar refractivity (Wildman–Crippen MR) is 79.4 cm³/mol. The van der Waals surface area contributed by atoms with Crippen molar-refractivity contribution in [3.8, 4) is 5.75 Å². The van der Waals surface area contributed by atoms with Crippen LogP contribution in [0.1, 0.15) is 42.8 Å². The summed E-state index contributed by atoms with van der Waals surface area (Å²) in [6.45, 7) is 4.90. The van der Waals surface area contributed by atoms with Crippen LogP contribution in [0.25, 0.3) is 0 Å². The van der Waals surface area contributed by atoms with Gasteiger partial charge in [-0.25, -0.2) is 9.97 Å². The Morgan fingerprint density at radius 1 is 1.25 bits per heavy atom. The van der Waals surface area contributed by atoms with Crippen molar-refractivity contribution < 1.29 is 4.74 Å². The third kappa shape index (κ3) is 2.22. The van der Waals surface area contributed by atoms with E-state index in [1.807, 2.05) is 31.3 Å². The smallest absolute Gasteiger partial charge is 0.142 e. The molecule has 1 unspecified atom stereocenters. The van der Waals surface area contributed by atoms with Gasteiger partial charge in [0.2, 0.25) is 0 Å². The number of para-hydroxylation sites is 1. The summed E-state index contributed by atoms with van der Waals surface area (Å²) in [5, 5.41) is 3.12. The lowest BCUT2D eigenvalue weighted by Crippen LogP contribution is -2.11. The second-order valence-electron chi connectivity index (χ2n) is 5.34. The second-order valence-corrected chi connectivity index (χ2v) is 5.34. The first-order chi connectivity index (χ1) is 9.69. The van der Waals surface area contributed by atoms with Gasteiger partial charge in [-0.15, -0.1) is 0 Å². The molecule has 1 aliphatic heterocycles. The van der Waals surface area contributed by atoms with Crippen molar-refractivity contribution in [3.63, 3.8) is 0 Å². The van der Waals surface area contributed by atoms with Gasteiger partial charge in [-0.05, 0) is 12.0 Å². The van der Waals surface area contributed by atoms with Crippen molar-refractivity contribution in [1.29, 1.82) is 0 Å². The van der Waals surface area contributed by atoms with E-state index in [1.54, 1.807) is 0 Å². The molecule has 104 valence electrons. The first-order valence-electron chi connectivity index (χ1n) is 6.97. The summed E-state index contributed by atoms with van der Waals surface area (Å²) in [5.41, 5.74) is 2.24. The van der Waals surface area contributed by atoms with Crippen LogP contribution >= 0.6 is 0 Å². The first-order valence-corrected chi connectivity index (χ1v) is 6.97. The van der Waals surface area contributed by atoms with Crippen LogP contribution in [-0.2, 0) is 0 Å². The van der Waals surface area contributed by atoms with Gasteiger partial charge in [0.25, 0.3) is 0 Å². The molecule has 20 heavy (non-hydrogen) atoms. The fourth-order valence-electron chi connectivity index (χ4n) is 2.44. The highest BCUT2D eigenvalue weighted by Crippen LogP contribution is 2.37. The number of nitrogens with zero attached hydrogens (tertiary/aromatic N) is 2. The normalized spacial score (nSPS) is 16.9. The Morgan fingerprint density at radius 2 is 2.05 bits per heavy atom. The van der Waals surface area contributed by atoms with E-state index in [9.17, 15) is 0 Å². The molecule has 3 rings (SSSR count). The fraction of sp³-hybridized carbons (Fsp3) is 0.375. The van der Waals surface area contributed by atoms with Crippen LogP contribution in [0.3, 0.4) is 0 Å². The Labute approximate surface area is 119 Å². The number of benzene rings is 1. The topological polar surface area (TPSA) is 47.0 Å². The molecular formula is C16H19N3O. The summed E-state index contributed by atoms with van der Waals surface area (Å²) >= 11 is 0. The average molecular weight is 269 g/mol. The molecule has 0 saturated carbocycles. The summed E-state index contributed by atoms with van der Waals surface area (Å²) in [4.78, 5) is 9.34. The molecule has 4 heteroatoms. The number of rotatable bonds is 3. The Hall–Kier alpha value is -2.10. The number of hydrogen-bond donors (Lipinski definition) is 1. The van der Waals surface area contributed by atoms with Gasteiger partial charge < -0.3 is 10.1 Å². The van der Waals surface area contributed by atoms with E-state index >= 15 is 0 Å². The molecule has 1 atom stereocenters. The lowest BCUT2D eigenvalue weighted by molar-refractivity contribution is 0.339. The molecule has 0 amide bonds. The van der Waals surface area contributed by atoms with Gasteiger partial charge in [0.1, 0.15) is 24.0 Å². The van der Waals surface area contributed by atoms with Gasteiger partial charge in [0.05, 0.1) is 5.92 Å². The average Bonchev–Trinajstić information content (AvgIpc) is 2.90. The van der Waals surface area contributed by atoms with Gasteiger partial charge in [0.15, 0.2) is 0 Å². The highest BCUT2D eigenvalue weighted by atomic mass is 16.5. The summed E-state index contributed by atoms with van der Waals surface area (Å²) in [6.07, 6.45) is 0. The van der Waals surface area contributed by atoms with Gasteiger partial charge in [-0.3, -0.25) is 0 Å². The van der Waals surface area contributed by atoms with E-state index in [2.05, 4.69) is 30.2 Å². The lowest BCUT2D eigenvalue weighted by atomic mass is 10.00. The predicted octanol–water partition coefficient (Wildman–Crippen LogP) is 3.17. The minimum Gasteiger partial charge on any atom is -0.492 e. The zero-order valence-electron chi connectivity index (χ0n) is 12.1. The van der Waals surface area contributed by atoms with Crippen molar-refractivity contribution in [3.05, 3.63) is 47.4 Å². The van der Waals surface area contributed by atoms with E-state index in [1.165, 1.54) is 5.56 Å². The molecule has 1 aromatic carbocycles. The molecule has 0 spiro atoms. The van der Waals surface area contributed by atoms with E-state index in [0.717, 1.165) is 23.1 Å². The lowest BCUT2D eigenvalue weighted by Gasteiger charge is -2.13. The molecule has 4 nitrogen and oxygen atoms in total. The van der Waals surface area contributed by atoms with Crippen molar-refractivity contribution >= 4 is 5.82 Å². The Kier molecular flexibility index (Phi) is 3.30. The maximum atomic E-state index is 5.74. The summed E-state index contributed by atoms with van der Waals surface area (Å²) in [5.74, 6) is 3.15. The maximum absolute atomic E-state index is 5.74. The third-order valence-electron chi connectivity index (χ3n) is 3.62. The molecule has 0 bridgehead atoms. The molecule has 1 aliphatic rings. The quantitative estimate of drug-likeness (QED) is 0.929. The van der Waals surface area contributed by atoms with E-state index < -0.39 is 0 Å². The van der Waals surface area contributed by atoms with E-state index in [4.69, 9.17) is 9.72 Å². The van der Waals surface area contributed by atoms with Crippen LogP contribution in [-0.4, -0.2) is 23.6 Å². The van der Waals surface area contributed by atoms with Crippen molar-refractivity contribution in [2.24, 2.45) is 0 Å². The minimum absolute atomic E-state index is 0.122. The van der Waals surface area contributed by atoms with Crippen LogP contribution < -0.4 is 10.1 Å². The molecule has 1 aromatic heterocycles. The molecular weight excluding hydrogens is 250 g/mol. The number of nitrogens with one attached hydrogen (secondary N) is 1. The van der Waals surface area contributed by atoms with Crippen LogP contribution in [0.15, 0.2) is 30.3 Å². The highest BCUT2D eigenvalue weighted by molar-refractivity contribution is 5.45. The maximum Gasteiger partial charge on any atom is 0.142 e. The molecule has 1 N–H and O–H groups in total. The van der Waals surface area contributed by atoms with Crippen LogP contribution in [0.2, 0.25) is 0 Å². The van der Waals surface area contributed by atoms with Gasteiger partial charge in [0, 0.05) is 24.4 Å². The molecule has 0 radical (unpaired) electrons. The van der Waals surface area contributed by atoms with Crippen molar-refractivity contribution in [2.45, 2.75) is 25.7 Å². The summed E-state index contributed by atoms with van der Waals surface area (Å²) < 4.78 is 5.74. The van der Waals surface area contributed by atoms with Gasteiger partial charge in [-0.1, -0.05) is 32.0 Å². The molecule has 0 fully saturated rings. The van der Waals surface area contributed by atoms with Crippen molar-refractivity contribution in [1.82, 2.24) is 9.97 Å². The number of hydrogen-bond acceptors (Lipinski definition) is 4. The number of aromatic nitrogens is 2. The van der Waals surface area contributed by atoms with Crippen LogP contribution in [0, 0.1) is 0 Å². The van der Waals surface area contributed by atoms with E-state index in [-0.39, 0.29) is 5.92 Å². The fourth-order valence-corrected chi connectivity index (χ4v) is 2.44. The Morgan fingerprint density at radius 3 is 2.80 bits per heavy atom. The number of anilines is 1. The van der Waals surface area contributed by atoms with Crippen LogP contribution in [0.4, 0.5) is 5.82 Å². The molecule has 2 heterocycles. The van der Waals surface area contributed by atoms with E-state index in [0.29, 0.717) is 12.5 Å². The summed E-state index contributed by atoms with van der Waals surface area (Å²) in [7, 11) is 1.88. The zero-order valence-corrected chi connectivity index (χ0v) is 12.1. The summed E-state index contributed by atoms with van der Waals surface area (Å²) in [6, 6.07) is 10.1. The SMILES string of the molecule is CNc1cc(C(C)C)nc(C2COc3ccccc32)n1. The highest BCUT2D eigenvalue weighted by Gasteiger charge is 2.28. The van der Waals surface area contributed by atoms with Crippen molar-refractivity contribution in [2.75, 3.05) is 19.0 Å². The molecule has 0 saturated heterocycles. The molecule has 0 aliphatic carbocycles. The Bertz CT molecular complexity index is 625. The minimum atomic E-state index is 0.122. The largest absolute Gasteiger partial charge is 0.492 e. The Balaban J connectivity index is 2.05. The number of ether oxygens (including phenoxy) is 1. The number of fused-ring (bicyclic) bond motifs is 1. The third-order valence-corrected chi connectivity index (χ3v) is 3.62.